The van der Waals surface area contributed by atoms with E-state index in [1.807, 2.05) is 24.3 Å². The summed E-state index contributed by atoms with van der Waals surface area (Å²) >= 11 is 0. The zero-order chi connectivity index (χ0) is 25.8. The minimum absolute atomic E-state index is 0.00557. The molecule has 2 saturated heterocycles. The van der Waals surface area contributed by atoms with Crippen LogP contribution in [0.4, 0.5) is 0 Å². The van der Waals surface area contributed by atoms with Gasteiger partial charge in [0.1, 0.15) is 29.2 Å². The first-order valence-corrected chi connectivity index (χ1v) is 13.0. The first kappa shape index (κ1) is 26.9. The Kier molecular flexibility index (Phi) is 8.56. The van der Waals surface area contributed by atoms with Gasteiger partial charge in [-0.15, -0.1) is 0 Å². The van der Waals surface area contributed by atoms with E-state index in [1.165, 1.54) is 11.6 Å². The zero-order valence-electron chi connectivity index (χ0n) is 21.9. The van der Waals surface area contributed by atoms with E-state index >= 15 is 0 Å². The summed E-state index contributed by atoms with van der Waals surface area (Å²) in [6.07, 6.45) is 8.81. The molecule has 3 aliphatic rings. The van der Waals surface area contributed by atoms with Crippen LogP contribution in [0.15, 0.2) is 42.0 Å². The first-order chi connectivity index (χ1) is 17.3. The van der Waals surface area contributed by atoms with Crippen LogP contribution in [-0.4, -0.2) is 67.5 Å². The van der Waals surface area contributed by atoms with Crippen LogP contribution in [0.3, 0.4) is 0 Å². The topological polar surface area (TPSA) is 90.1 Å². The molecule has 4 rings (SSSR count). The number of aliphatic hydroxyl groups excluding tert-OH is 1. The van der Waals surface area contributed by atoms with E-state index < -0.39 is 0 Å². The summed E-state index contributed by atoms with van der Waals surface area (Å²) in [6.45, 7) is 7.77. The van der Waals surface area contributed by atoms with Crippen LogP contribution >= 0.6 is 0 Å². The lowest BCUT2D eigenvalue weighted by atomic mass is 9.68. The van der Waals surface area contributed by atoms with Crippen molar-refractivity contribution in [3.8, 4) is 5.75 Å². The number of hydrogen-bond donors (Lipinski definition) is 1. The molecule has 0 amide bonds. The van der Waals surface area contributed by atoms with E-state index in [0.717, 1.165) is 37.0 Å². The second-order valence-corrected chi connectivity index (χ2v) is 10.5. The molecule has 0 unspecified atom stereocenters. The van der Waals surface area contributed by atoms with Gasteiger partial charge in [0.25, 0.3) is 0 Å². The summed E-state index contributed by atoms with van der Waals surface area (Å²) < 4.78 is 29.7. The molecule has 2 aliphatic heterocycles. The van der Waals surface area contributed by atoms with Gasteiger partial charge >= 0.3 is 5.97 Å². The van der Waals surface area contributed by atoms with Crippen molar-refractivity contribution in [2.24, 2.45) is 5.92 Å². The summed E-state index contributed by atoms with van der Waals surface area (Å²) in [5, 5.41) is 8.84. The fourth-order valence-corrected chi connectivity index (χ4v) is 5.50. The number of rotatable bonds is 12. The number of carbonyl (C=O) groups is 1. The number of aliphatic hydroxyl groups is 1. The Morgan fingerprint density at radius 2 is 1.97 bits per heavy atom. The Morgan fingerprint density at radius 3 is 2.61 bits per heavy atom. The highest BCUT2D eigenvalue weighted by Gasteiger charge is 2.72. The predicted molar refractivity (Wildman–Crippen MR) is 137 cm³/mol. The largest absolute Gasteiger partial charge is 0.494 e. The Labute approximate surface area is 214 Å². The van der Waals surface area contributed by atoms with Gasteiger partial charge in [-0.1, -0.05) is 23.8 Å². The third-order valence-corrected chi connectivity index (χ3v) is 7.62. The van der Waals surface area contributed by atoms with Crippen LogP contribution in [-0.2, 0) is 23.7 Å². The molecule has 3 fully saturated rings. The Bertz CT molecular complexity index is 945. The molecule has 0 radical (unpaired) electrons. The van der Waals surface area contributed by atoms with Crippen LogP contribution in [0.5, 0.6) is 5.75 Å². The van der Waals surface area contributed by atoms with Gasteiger partial charge in [0.2, 0.25) is 0 Å². The van der Waals surface area contributed by atoms with Crippen molar-refractivity contribution in [1.29, 1.82) is 0 Å². The zero-order valence-corrected chi connectivity index (χ0v) is 21.9. The average molecular weight is 501 g/mol. The molecule has 7 nitrogen and oxygen atoms in total. The van der Waals surface area contributed by atoms with Crippen LogP contribution in [0, 0.1) is 5.92 Å². The standard InChI is InChI=1S/C29H40O7/c1-20(2)7-13-24-28(3,36-24)27-26(32-4)23(15-16-29(27)19-34-29)35-25(31)14-10-21-8-11-22(12-9-21)33-18-6-5-17-30/h7-12,14,23-24,26-27,30H,5-6,13,15-19H2,1-4H3/b14-10+/t23-,24-,26-,27-,28+,29+/m1/s1. The van der Waals surface area contributed by atoms with Crippen molar-refractivity contribution >= 4 is 12.0 Å². The number of hydrogen-bond acceptors (Lipinski definition) is 7. The van der Waals surface area contributed by atoms with Gasteiger partial charge in [-0.3, -0.25) is 0 Å². The molecule has 36 heavy (non-hydrogen) atoms. The lowest BCUT2D eigenvalue weighted by molar-refractivity contribution is -0.166. The molecular formula is C29H40O7. The molecule has 2 heterocycles. The highest BCUT2D eigenvalue weighted by atomic mass is 16.6. The summed E-state index contributed by atoms with van der Waals surface area (Å²) in [5.74, 6) is 0.380. The maximum absolute atomic E-state index is 12.7. The summed E-state index contributed by atoms with van der Waals surface area (Å²) in [5.41, 5.74) is 1.56. The van der Waals surface area contributed by atoms with E-state index in [9.17, 15) is 4.79 Å². The molecule has 198 valence electrons. The molecule has 1 saturated carbocycles. The SMILES string of the molecule is CO[C@@H]1[C@H](OC(=O)/C=C/c2ccc(OCCCCO)cc2)CC[C@]2(CO2)[C@H]1[C@@]1(C)O[C@@H]1CC=C(C)C. The van der Waals surface area contributed by atoms with E-state index in [0.29, 0.717) is 19.6 Å². The maximum atomic E-state index is 12.7. The van der Waals surface area contributed by atoms with Crippen molar-refractivity contribution < 1.29 is 33.6 Å². The quantitative estimate of drug-likeness (QED) is 0.149. The van der Waals surface area contributed by atoms with Gasteiger partial charge in [0.15, 0.2) is 0 Å². The molecular weight excluding hydrogens is 460 g/mol. The summed E-state index contributed by atoms with van der Waals surface area (Å²) in [6, 6.07) is 7.53. The molecule has 0 bridgehead atoms. The number of allylic oxidation sites excluding steroid dienone is 1. The first-order valence-electron chi connectivity index (χ1n) is 13.0. The second kappa shape index (κ2) is 11.5. The fourth-order valence-electron chi connectivity index (χ4n) is 5.50. The van der Waals surface area contributed by atoms with Gasteiger partial charge in [0.05, 0.1) is 25.2 Å². The minimum Gasteiger partial charge on any atom is -0.494 e. The third kappa shape index (κ3) is 6.20. The molecule has 7 heteroatoms. The molecule has 1 aromatic carbocycles. The third-order valence-electron chi connectivity index (χ3n) is 7.62. The van der Waals surface area contributed by atoms with Crippen LogP contribution in [0.2, 0.25) is 0 Å². The molecule has 1 aromatic rings. The normalized spacial score (nSPS) is 32.9. The number of carbonyl (C=O) groups excluding carboxylic acids is 1. The summed E-state index contributed by atoms with van der Waals surface area (Å²) in [7, 11) is 1.68. The molecule has 6 atom stereocenters. The van der Waals surface area contributed by atoms with Crippen LogP contribution < -0.4 is 4.74 Å². The monoisotopic (exact) mass is 500 g/mol. The fraction of sp³-hybridized carbons (Fsp3) is 0.621. The van der Waals surface area contributed by atoms with Gasteiger partial charge in [-0.25, -0.2) is 4.79 Å². The van der Waals surface area contributed by atoms with E-state index in [2.05, 4.69) is 26.8 Å². The van der Waals surface area contributed by atoms with E-state index in [4.69, 9.17) is 28.8 Å². The van der Waals surface area contributed by atoms with E-state index in [1.54, 1.807) is 13.2 Å². The highest BCUT2D eigenvalue weighted by Crippen LogP contribution is 2.59. The van der Waals surface area contributed by atoms with Crippen molar-refractivity contribution in [3.05, 3.63) is 47.6 Å². The predicted octanol–water partition coefficient (Wildman–Crippen LogP) is 4.47. The highest BCUT2D eigenvalue weighted by molar-refractivity contribution is 5.87. The van der Waals surface area contributed by atoms with Crippen molar-refractivity contribution in [1.82, 2.24) is 0 Å². The minimum atomic E-state index is -0.388. The second-order valence-electron chi connectivity index (χ2n) is 10.5. The van der Waals surface area contributed by atoms with Crippen molar-refractivity contribution in [3.63, 3.8) is 0 Å². The molecule has 1 N–H and O–H groups in total. The van der Waals surface area contributed by atoms with Crippen LogP contribution in [0.1, 0.15) is 58.4 Å². The summed E-state index contributed by atoms with van der Waals surface area (Å²) in [4.78, 5) is 12.7. The number of benzene rings is 1. The van der Waals surface area contributed by atoms with E-state index in [-0.39, 0.29) is 48.0 Å². The average Bonchev–Trinajstić information content (AvgIpc) is 3.78. The van der Waals surface area contributed by atoms with Gasteiger partial charge < -0.3 is 28.8 Å². The Morgan fingerprint density at radius 1 is 1.22 bits per heavy atom. The number of epoxide rings is 2. The Balaban J connectivity index is 1.35. The van der Waals surface area contributed by atoms with Crippen LogP contribution in [0.25, 0.3) is 6.08 Å². The number of unbranched alkanes of at least 4 members (excludes halogenated alkanes) is 1. The maximum Gasteiger partial charge on any atom is 0.331 e. The van der Waals surface area contributed by atoms with Gasteiger partial charge in [-0.2, -0.15) is 0 Å². The van der Waals surface area contributed by atoms with Crippen molar-refractivity contribution in [2.75, 3.05) is 26.9 Å². The molecule has 1 aliphatic carbocycles. The van der Waals surface area contributed by atoms with Gasteiger partial charge in [-0.05, 0) is 76.6 Å². The smallest absolute Gasteiger partial charge is 0.331 e. The lowest BCUT2D eigenvalue weighted by Gasteiger charge is -2.42. The number of ether oxygens (including phenoxy) is 5. The number of esters is 1. The number of methoxy groups -OCH3 is 1. The molecule has 0 aromatic heterocycles. The molecule has 1 spiro atoms. The Hall–Kier alpha value is -2.19. The lowest BCUT2D eigenvalue weighted by Crippen LogP contribution is -2.55. The van der Waals surface area contributed by atoms with Gasteiger partial charge in [0, 0.05) is 19.8 Å². The van der Waals surface area contributed by atoms with Crippen molar-refractivity contribution in [2.45, 2.75) is 82.4 Å².